The molecule has 0 aliphatic heterocycles. The molecule has 21 heavy (non-hydrogen) atoms. The zero-order valence-corrected chi connectivity index (χ0v) is 13.7. The Hall–Kier alpha value is -1.75. The van der Waals surface area contributed by atoms with Crippen LogP contribution in [0.25, 0.3) is 0 Å². The second-order valence-electron chi connectivity index (χ2n) is 5.82. The van der Waals surface area contributed by atoms with E-state index in [0.717, 1.165) is 5.56 Å². The highest BCUT2D eigenvalue weighted by molar-refractivity contribution is 6.31. The van der Waals surface area contributed by atoms with Gasteiger partial charge >= 0.3 is 6.09 Å². The van der Waals surface area contributed by atoms with E-state index >= 15 is 0 Å². The van der Waals surface area contributed by atoms with Gasteiger partial charge in [-0.1, -0.05) is 17.7 Å². The van der Waals surface area contributed by atoms with E-state index in [-0.39, 0.29) is 5.91 Å². The number of hydrogen-bond acceptors (Lipinski definition) is 3. The van der Waals surface area contributed by atoms with Crippen LogP contribution in [0, 0.1) is 6.92 Å². The van der Waals surface area contributed by atoms with Gasteiger partial charge in [0.1, 0.15) is 11.6 Å². The van der Waals surface area contributed by atoms with Crippen LogP contribution in [0.1, 0.15) is 33.3 Å². The molecule has 1 rings (SSSR count). The third kappa shape index (κ3) is 6.04. The first kappa shape index (κ1) is 17.3. The molecule has 0 unspecified atom stereocenters. The van der Waals surface area contributed by atoms with E-state index in [4.69, 9.17) is 16.3 Å². The molecule has 116 valence electrons. The topological polar surface area (TPSA) is 67.4 Å². The molecule has 0 bridgehead atoms. The minimum Gasteiger partial charge on any atom is -0.444 e. The molecule has 0 spiro atoms. The maximum Gasteiger partial charge on any atom is 0.408 e. The molecule has 0 aliphatic carbocycles. The van der Waals surface area contributed by atoms with Gasteiger partial charge in [0.05, 0.1) is 0 Å². The molecular formula is C15H21ClN2O3. The summed E-state index contributed by atoms with van der Waals surface area (Å²) in [6.07, 6.45) is -0.632. The molecule has 1 aromatic rings. The van der Waals surface area contributed by atoms with Crippen LogP contribution >= 0.6 is 11.6 Å². The molecule has 0 radical (unpaired) electrons. The van der Waals surface area contributed by atoms with E-state index in [1.807, 2.05) is 13.0 Å². The SMILES string of the molecule is Cc1ccc(Cl)cc1NC(=O)[C@H](C)NC(=O)OC(C)(C)C. The summed E-state index contributed by atoms with van der Waals surface area (Å²) in [7, 11) is 0. The van der Waals surface area contributed by atoms with Gasteiger partial charge in [-0.3, -0.25) is 4.79 Å². The highest BCUT2D eigenvalue weighted by Crippen LogP contribution is 2.20. The molecule has 2 N–H and O–H groups in total. The number of amides is 2. The Morgan fingerprint density at radius 2 is 1.90 bits per heavy atom. The number of rotatable bonds is 3. The maximum atomic E-state index is 12.1. The normalized spacial score (nSPS) is 12.5. The Morgan fingerprint density at radius 1 is 1.29 bits per heavy atom. The fourth-order valence-electron chi connectivity index (χ4n) is 1.52. The lowest BCUT2D eigenvalue weighted by atomic mass is 10.2. The van der Waals surface area contributed by atoms with Gasteiger partial charge < -0.3 is 15.4 Å². The summed E-state index contributed by atoms with van der Waals surface area (Å²) in [4.78, 5) is 23.7. The third-order valence-electron chi connectivity index (χ3n) is 2.58. The van der Waals surface area contributed by atoms with Crippen molar-refractivity contribution in [2.24, 2.45) is 0 Å². The van der Waals surface area contributed by atoms with Gasteiger partial charge in [-0.15, -0.1) is 0 Å². The van der Waals surface area contributed by atoms with E-state index in [9.17, 15) is 9.59 Å². The predicted octanol–water partition coefficient (Wildman–Crippen LogP) is 3.50. The summed E-state index contributed by atoms with van der Waals surface area (Å²) in [5, 5.41) is 5.74. The van der Waals surface area contributed by atoms with Crippen molar-refractivity contribution < 1.29 is 14.3 Å². The number of carbonyl (C=O) groups excluding carboxylic acids is 2. The minimum atomic E-state index is -0.724. The smallest absolute Gasteiger partial charge is 0.408 e. The van der Waals surface area contributed by atoms with Gasteiger partial charge in [0.2, 0.25) is 5.91 Å². The summed E-state index contributed by atoms with van der Waals surface area (Å²) < 4.78 is 5.10. The van der Waals surface area contributed by atoms with E-state index in [0.29, 0.717) is 10.7 Å². The molecule has 0 saturated heterocycles. The molecule has 2 amide bonds. The lowest BCUT2D eigenvalue weighted by Crippen LogP contribution is -2.44. The number of benzene rings is 1. The highest BCUT2D eigenvalue weighted by Gasteiger charge is 2.21. The fraction of sp³-hybridized carbons (Fsp3) is 0.467. The maximum absolute atomic E-state index is 12.1. The third-order valence-corrected chi connectivity index (χ3v) is 2.82. The van der Waals surface area contributed by atoms with Gasteiger partial charge in [-0.2, -0.15) is 0 Å². The molecule has 0 fully saturated rings. The van der Waals surface area contributed by atoms with Crippen molar-refractivity contribution in [3.05, 3.63) is 28.8 Å². The lowest BCUT2D eigenvalue weighted by molar-refractivity contribution is -0.117. The second kappa shape index (κ2) is 6.80. The van der Waals surface area contributed by atoms with Crippen LogP contribution in [0.5, 0.6) is 0 Å². The standard InChI is InChI=1S/C15H21ClN2O3/c1-9-6-7-11(16)8-12(9)18-13(19)10(2)17-14(20)21-15(3,4)5/h6-8,10H,1-5H3,(H,17,20)(H,18,19)/t10-/m0/s1. The van der Waals surface area contributed by atoms with Gasteiger partial charge in [0.25, 0.3) is 0 Å². The number of ether oxygens (including phenoxy) is 1. The average molecular weight is 313 g/mol. The number of nitrogens with one attached hydrogen (secondary N) is 2. The van der Waals surface area contributed by atoms with Crippen LogP contribution in [0.4, 0.5) is 10.5 Å². The van der Waals surface area contributed by atoms with Crippen molar-refractivity contribution in [2.45, 2.75) is 46.3 Å². The number of anilines is 1. The van der Waals surface area contributed by atoms with Gasteiger partial charge in [-0.05, 0) is 52.3 Å². The summed E-state index contributed by atoms with van der Waals surface area (Å²) in [5.41, 5.74) is 0.895. The molecule has 0 aliphatic rings. The Morgan fingerprint density at radius 3 is 2.48 bits per heavy atom. The zero-order chi connectivity index (χ0) is 16.2. The lowest BCUT2D eigenvalue weighted by Gasteiger charge is -2.21. The second-order valence-corrected chi connectivity index (χ2v) is 6.25. The van der Waals surface area contributed by atoms with Crippen molar-refractivity contribution in [2.75, 3.05) is 5.32 Å². The first-order valence-corrected chi connectivity index (χ1v) is 7.03. The van der Waals surface area contributed by atoms with Crippen molar-refractivity contribution in [3.8, 4) is 0 Å². The quantitative estimate of drug-likeness (QED) is 0.897. The summed E-state index contributed by atoms with van der Waals surface area (Å²) in [6, 6.07) is 4.49. The molecule has 1 aromatic carbocycles. The van der Waals surface area contributed by atoms with E-state index in [1.165, 1.54) is 0 Å². The number of halogens is 1. The van der Waals surface area contributed by atoms with Crippen LogP contribution in [-0.4, -0.2) is 23.6 Å². The van der Waals surface area contributed by atoms with Crippen LogP contribution in [0.2, 0.25) is 5.02 Å². The fourth-order valence-corrected chi connectivity index (χ4v) is 1.69. The monoisotopic (exact) mass is 312 g/mol. The molecule has 0 saturated carbocycles. The average Bonchev–Trinajstić information content (AvgIpc) is 2.31. The Kier molecular flexibility index (Phi) is 5.61. The van der Waals surface area contributed by atoms with Crippen LogP contribution in [0.15, 0.2) is 18.2 Å². The van der Waals surface area contributed by atoms with Crippen LogP contribution < -0.4 is 10.6 Å². The summed E-state index contributed by atoms with van der Waals surface area (Å²) in [5.74, 6) is -0.341. The summed E-state index contributed by atoms with van der Waals surface area (Å²) >= 11 is 5.90. The first-order valence-electron chi connectivity index (χ1n) is 6.65. The van der Waals surface area contributed by atoms with Crippen LogP contribution in [-0.2, 0) is 9.53 Å². The van der Waals surface area contributed by atoms with E-state index in [1.54, 1.807) is 39.8 Å². The number of carbonyl (C=O) groups is 2. The number of alkyl carbamates (subject to hydrolysis) is 1. The van der Waals surface area contributed by atoms with Crippen molar-refractivity contribution >= 4 is 29.3 Å². The molecule has 0 heterocycles. The van der Waals surface area contributed by atoms with Gasteiger partial charge in [0.15, 0.2) is 0 Å². The number of aryl methyl sites for hydroxylation is 1. The van der Waals surface area contributed by atoms with Crippen molar-refractivity contribution in [1.29, 1.82) is 0 Å². The molecular weight excluding hydrogens is 292 g/mol. The minimum absolute atomic E-state index is 0.341. The summed E-state index contributed by atoms with van der Waals surface area (Å²) in [6.45, 7) is 8.71. The van der Waals surface area contributed by atoms with Crippen LogP contribution in [0.3, 0.4) is 0 Å². The van der Waals surface area contributed by atoms with Crippen molar-refractivity contribution in [3.63, 3.8) is 0 Å². The zero-order valence-electron chi connectivity index (χ0n) is 12.9. The molecule has 6 heteroatoms. The van der Waals surface area contributed by atoms with E-state index in [2.05, 4.69) is 10.6 Å². The Balaban J connectivity index is 2.63. The predicted molar refractivity (Wildman–Crippen MR) is 83.7 cm³/mol. The van der Waals surface area contributed by atoms with Gasteiger partial charge in [0, 0.05) is 10.7 Å². The number of hydrogen-bond donors (Lipinski definition) is 2. The molecule has 5 nitrogen and oxygen atoms in total. The van der Waals surface area contributed by atoms with Crippen molar-refractivity contribution in [1.82, 2.24) is 5.32 Å². The molecule has 0 aromatic heterocycles. The largest absolute Gasteiger partial charge is 0.444 e. The highest BCUT2D eigenvalue weighted by atomic mass is 35.5. The molecule has 1 atom stereocenters. The van der Waals surface area contributed by atoms with Gasteiger partial charge in [-0.25, -0.2) is 4.79 Å². The Labute approximate surface area is 130 Å². The first-order chi connectivity index (χ1) is 9.58. The van der Waals surface area contributed by atoms with E-state index < -0.39 is 17.7 Å². The Bertz CT molecular complexity index is 538.